The summed E-state index contributed by atoms with van der Waals surface area (Å²) in [5.74, 6) is 0.595. The summed E-state index contributed by atoms with van der Waals surface area (Å²) in [6.45, 7) is 2.13. The van der Waals surface area contributed by atoms with E-state index in [2.05, 4.69) is 11.4 Å². The van der Waals surface area contributed by atoms with Crippen LogP contribution in [0.25, 0.3) is 0 Å². The van der Waals surface area contributed by atoms with Crippen molar-refractivity contribution >= 4 is 23.4 Å². The summed E-state index contributed by atoms with van der Waals surface area (Å²) in [5, 5.41) is 3.28. The minimum atomic E-state index is -0.214. The molecule has 1 atom stereocenters. The molecule has 1 aliphatic rings. The third-order valence-electron chi connectivity index (χ3n) is 2.16. The first kappa shape index (κ1) is 10.4. The van der Waals surface area contributed by atoms with Gasteiger partial charge in [-0.05, 0) is 12.1 Å². The summed E-state index contributed by atoms with van der Waals surface area (Å²) in [4.78, 5) is 12.1. The number of hydrogen-bond donors (Lipinski definition) is 1. The van der Waals surface area contributed by atoms with Gasteiger partial charge in [-0.15, -0.1) is 11.8 Å². The second-order valence-corrected chi connectivity index (χ2v) is 4.48. The van der Waals surface area contributed by atoms with Gasteiger partial charge in [0.15, 0.2) is 0 Å². The molecule has 0 spiro atoms. The van der Waals surface area contributed by atoms with Crippen molar-refractivity contribution in [3.8, 4) is 0 Å². The maximum Gasteiger partial charge on any atom is 0.302 e. The second-order valence-electron chi connectivity index (χ2n) is 3.42. The molecule has 0 aromatic heterocycles. The fraction of sp³-hybridized carbons (Fsp3) is 0.364. The van der Waals surface area contributed by atoms with Gasteiger partial charge in [0, 0.05) is 23.3 Å². The molecule has 0 radical (unpaired) electrons. The fourth-order valence-corrected chi connectivity index (χ4v) is 2.54. The number of benzene rings is 1. The molecule has 1 aromatic carbocycles. The molecule has 0 amide bonds. The summed E-state index contributed by atoms with van der Waals surface area (Å²) in [6.07, 6.45) is -0.0418. The van der Waals surface area contributed by atoms with Crippen LogP contribution in [0.3, 0.4) is 0 Å². The smallest absolute Gasteiger partial charge is 0.302 e. The largest absolute Gasteiger partial charge is 0.460 e. The maximum atomic E-state index is 10.8. The zero-order valence-corrected chi connectivity index (χ0v) is 9.34. The van der Waals surface area contributed by atoms with E-state index in [0.717, 1.165) is 11.4 Å². The molecule has 15 heavy (non-hydrogen) atoms. The first-order chi connectivity index (χ1) is 7.25. The van der Waals surface area contributed by atoms with E-state index in [-0.39, 0.29) is 12.1 Å². The Bertz CT molecular complexity index is 340. The highest BCUT2D eigenvalue weighted by atomic mass is 32.2. The Balaban J connectivity index is 2.05. The monoisotopic (exact) mass is 223 g/mol. The Kier molecular flexibility index (Phi) is 3.16. The number of esters is 1. The van der Waals surface area contributed by atoms with Gasteiger partial charge in [0.1, 0.15) is 6.10 Å². The molecule has 0 bridgehead atoms. The highest BCUT2D eigenvalue weighted by molar-refractivity contribution is 7.99. The van der Waals surface area contributed by atoms with Crippen LogP contribution in [0.5, 0.6) is 0 Å². The number of carbonyl (C=O) groups is 1. The van der Waals surface area contributed by atoms with Crippen LogP contribution >= 0.6 is 11.8 Å². The van der Waals surface area contributed by atoms with Crippen LogP contribution < -0.4 is 5.32 Å². The SMILES string of the molecule is CC(=O)OC1CNc2ccccc2SC1. The maximum absolute atomic E-state index is 10.8. The summed E-state index contributed by atoms with van der Waals surface area (Å²) in [7, 11) is 0. The lowest BCUT2D eigenvalue weighted by Crippen LogP contribution is -2.26. The van der Waals surface area contributed by atoms with E-state index in [1.54, 1.807) is 11.8 Å². The summed E-state index contributed by atoms with van der Waals surface area (Å²) in [5.41, 5.74) is 1.12. The average Bonchev–Trinajstić information content (AvgIpc) is 2.41. The third kappa shape index (κ3) is 2.65. The lowest BCUT2D eigenvalue weighted by molar-refractivity contribution is -0.144. The predicted molar refractivity (Wildman–Crippen MR) is 61.2 cm³/mol. The number of carbonyl (C=O) groups excluding carboxylic acids is 1. The van der Waals surface area contributed by atoms with Crippen LogP contribution in [-0.2, 0) is 9.53 Å². The van der Waals surface area contributed by atoms with Gasteiger partial charge < -0.3 is 10.1 Å². The molecule has 3 nitrogen and oxygen atoms in total. The Morgan fingerprint density at radius 3 is 3.13 bits per heavy atom. The van der Waals surface area contributed by atoms with Crippen molar-refractivity contribution in [3.63, 3.8) is 0 Å². The lowest BCUT2D eigenvalue weighted by Gasteiger charge is -2.13. The average molecular weight is 223 g/mol. The molecule has 80 valence electrons. The molecule has 1 unspecified atom stereocenters. The van der Waals surface area contributed by atoms with E-state index in [1.807, 2.05) is 18.2 Å². The third-order valence-corrected chi connectivity index (χ3v) is 3.37. The molecule has 0 saturated carbocycles. The number of nitrogens with one attached hydrogen (secondary N) is 1. The molecule has 1 aromatic rings. The van der Waals surface area contributed by atoms with Gasteiger partial charge in [-0.1, -0.05) is 12.1 Å². The van der Waals surface area contributed by atoms with E-state index in [9.17, 15) is 4.79 Å². The zero-order valence-electron chi connectivity index (χ0n) is 8.53. The van der Waals surface area contributed by atoms with E-state index in [4.69, 9.17) is 4.74 Å². The number of ether oxygens (including phenoxy) is 1. The highest BCUT2D eigenvalue weighted by Crippen LogP contribution is 2.30. The van der Waals surface area contributed by atoms with Gasteiger partial charge in [-0.3, -0.25) is 4.79 Å². The van der Waals surface area contributed by atoms with Crippen LogP contribution in [0.4, 0.5) is 5.69 Å². The second kappa shape index (κ2) is 4.57. The van der Waals surface area contributed by atoms with Gasteiger partial charge in [0.25, 0.3) is 0 Å². The Hall–Kier alpha value is -1.16. The number of anilines is 1. The predicted octanol–water partition coefficient (Wildman–Crippen LogP) is 2.14. The Morgan fingerprint density at radius 1 is 1.53 bits per heavy atom. The zero-order chi connectivity index (χ0) is 10.7. The van der Waals surface area contributed by atoms with Crippen molar-refractivity contribution in [2.45, 2.75) is 17.9 Å². The van der Waals surface area contributed by atoms with Crippen LogP contribution in [0.1, 0.15) is 6.92 Å². The van der Waals surface area contributed by atoms with Crippen LogP contribution in [0, 0.1) is 0 Å². The van der Waals surface area contributed by atoms with E-state index in [1.165, 1.54) is 11.8 Å². The summed E-state index contributed by atoms with van der Waals surface area (Å²) >= 11 is 1.72. The van der Waals surface area contributed by atoms with E-state index in [0.29, 0.717) is 6.54 Å². The van der Waals surface area contributed by atoms with Crippen molar-refractivity contribution in [1.82, 2.24) is 0 Å². The minimum Gasteiger partial charge on any atom is -0.460 e. The summed E-state index contributed by atoms with van der Waals surface area (Å²) in [6, 6.07) is 8.12. The standard InChI is InChI=1S/C11H13NO2S/c1-8(13)14-9-6-12-10-4-2-3-5-11(10)15-7-9/h2-5,9,12H,6-7H2,1H3. The van der Waals surface area contributed by atoms with Crippen LogP contribution in [0.2, 0.25) is 0 Å². The molecule has 0 saturated heterocycles. The Morgan fingerprint density at radius 2 is 2.33 bits per heavy atom. The number of hydrogen-bond acceptors (Lipinski definition) is 4. The summed E-state index contributed by atoms with van der Waals surface area (Å²) < 4.78 is 5.18. The van der Waals surface area contributed by atoms with Gasteiger partial charge in [0.05, 0.1) is 6.54 Å². The van der Waals surface area contributed by atoms with Gasteiger partial charge in [-0.25, -0.2) is 0 Å². The lowest BCUT2D eigenvalue weighted by atomic mass is 10.3. The van der Waals surface area contributed by atoms with Gasteiger partial charge >= 0.3 is 5.97 Å². The molecular formula is C11H13NO2S. The molecule has 1 N–H and O–H groups in total. The minimum absolute atomic E-state index is 0.0418. The highest BCUT2D eigenvalue weighted by Gasteiger charge is 2.17. The molecule has 4 heteroatoms. The molecule has 1 heterocycles. The van der Waals surface area contributed by atoms with Gasteiger partial charge in [0.2, 0.25) is 0 Å². The number of para-hydroxylation sites is 1. The topological polar surface area (TPSA) is 38.3 Å². The molecule has 0 fully saturated rings. The van der Waals surface area contributed by atoms with E-state index < -0.39 is 0 Å². The van der Waals surface area contributed by atoms with Crippen molar-refractivity contribution in [1.29, 1.82) is 0 Å². The van der Waals surface area contributed by atoms with Crippen LogP contribution in [-0.4, -0.2) is 24.4 Å². The molecule has 0 aliphatic carbocycles. The molecule has 2 rings (SSSR count). The molecular weight excluding hydrogens is 210 g/mol. The Labute approximate surface area is 93.2 Å². The van der Waals surface area contributed by atoms with Crippen molar-refractivity contribution in [2.24, 2.45) is 0 Å². The number of thioether (sulfide) groups is 1. The normalized spacial score (nSPS) is 19.7. The first-order valence-corrected chi connectivity index (χ1v) is 5.87. The molecule has 1 aliphatic heterocycles. The van der Waals surface area contributed by atoms with Crippen molar-refractivity contribution in [3.05, 3.63) is 24.3 Å². The quantitative estimate of drug-likeness (QED) is 0.740. The first-order valence-electron chi connectivity index (χ1n) is 4.88. The van der Waals surface area contributed by atoms with Gasteiger partial charge in [-0.2, -0.15) is 0 Å². The number of rotatable bonds is 1. The van der Waals surface area contributed by atoms with E-state index >= 15 is 0 Å². The van der Waals surface area contributed by atoms with Crippen molar-refractivity contribution in [2.75, 3.05) is 17.6 Å². The number of fused-ring (bicyclic) bond motifs is 1. The van der Waals surface area contributed by atoms with Crippen LogP contribution in [0.15, 0.2) is 29.2 Å². The van der Waals surface area contributed by atoms with Crippen molar-refractivity contribution < 1.29 is 9.53 Å². The fourth-order valence-electron chi connectivity index (χ4n) is 1.51.